The van der Waals surface area contributed by atoms with Gasteiger partial charge in [0.15, 0.2) is 0 Å². The standard InChI is InChI=1S/C30H22O5/c1-20-9-8-14-23(17-20)34-27-19-33-26-18-24(15-16-25(26)29(27)31)35-30(32)28(21-10-4-2-5-11-21)22-12-6-3-7-13-22/h2-19,28H,1H3. The molecule has 0 radical (unpaired) electrons. The van der Waals surface area contributed by atoms with Crippen LogP contribution >= 0.6 is 0 Å². The van der Waals surface area contributed by atoms with Crippen molar-refractivity contribution in [2.45, 2.75) is 12.8 Å². The molecule has 0 saturated heterocycles. The smallest absolute Gasteiger partial charge is 0.323 e. The molecule has 0 fully saturated rings. The zero-order valence-electron chi connectivity index (χ0n) is 19.0. The number of carbonyl (C=O) groups is 1. The molecule has 1 heterocycles. The maximum Gasteiger partial charge on any atom is 0.323 e. The van der Waals surface area contributed by atoms with Gasteiger partial charge in [-0.1, -0.05) is 72.8 Å². The van der Waals surface area contributed by atoms with Gasteiger partial charge < -0.3 is 13.9 Å². The second-order valence-electron chi connectivity index (χ2n) is 8.18. The van der Waals surface area contributed by atoms with Crippen molar-refractivity contribution in [1.29, 1.82) is 0 Å². The van der Waals surface area contributed by atoms with Crippen molar-refractivity contribution in [3.63, 3.8) is 0 Å². The summed E-state index contributed by atoms with van der Waals surface area (Å²) in [6, 6.07) is 31.1. The number of carbonyl (C=O) groups excluding carboxylic acids is 1. The topological polar surface area (TPSA) is 65.7 Å². The van der Waals surface area contributed by atoms with E-state index in [-0.39, 0.29) is 16.9 Å². The summed E-state index contributed by atoms with van der Waals surface area (Å²) in [5.41, 5.74) is 2.66. The van der Waals surface area contributed by atoms with Crippen LogP contribution in [0.15, 0.2) is 119 Å². The number of aryl methyl sites for hydroxylation is 1. The monoisotopic (exact) mass is 462 g/mol. The van der Waals surface area contributed by atoms with E-state index in [1.807, 2.05) is 85.8 Å². The number of ether oxygens (including phenoxy) is 2. The lowest BCUT2D eigenvalue weighted by Crippen LogP contribution is -2.20. The summed E-state index contributed by atoms with van der Waals surface area (Å²) >= 11 is 0. The summed E-state index contributed by atoms with van der Waals surface area (Å²) in [6.45, 7) is 1.94. The van der Waals surface area contributed by atoms with E-state index in [9.17, 15) is 9.59 Å². The molecule has 5 heteroatoms. The Labute approximate surface area is 202 Å². The lowest BCUT2D eigenvalue weighted by molar-refractivity contribution is -0.135. The number of hydrogen-bond acceptors (Lipinski definition) is 5. The predicted octanol–water partition coefficient (Wildman–Crippen LogP) is 6.63. The van der Waals surface area contributed by atoms with Gasteiger partial charge in [0.25, 0.3) is 0 Å². The molecule has 0 aliphatic carbocycles. The summed E-state index contributed by atoms with van der Waals surface area (Å²) in [5, 5.41) is 0.331. The lowest BCUT2D eigenvalue weighted by atomic mass is 9.91. The molecule has 0 unspecified atom stereocenters. The maximum atomic E-state index is 13.3. The van der Waals surface area contributed by atoms with Gasteiger partial charge in [0.2, 0.25) is 11.2 Å². The number of fused-ring (bicyclic) bond motifs is 1. The van der Waals surface area contributed by atoms with E-state index in [0.717, 1.165) is 16.7 Å². The van der Waals surface area contributed by atoms with Gasteiger partial charge in [-0.25, -0.2) is 0 Å². The first kappa shape index (κ1) is 22.2. The molecule has 0 aliphatic heterocycles. The summed E-state index contributed by atoms with van der Waals surface area (Å²) in [4.78, 5) is 26.2. The molecule has 0 amide bonds. The minimum absolute atomic E-state index is 0.0843. The molecule has 0 saturated carbocycles. The number of esters is 1. The van der Waals surface area contributed by atoms with E-state index in [1.165, 1.54) is 12.3 Å². The SMILES string of the molecule is Cc1cccc(Oc2coc3cc(OC(=O)C(c4ccccc4)c4ccccc4)ccc3c2=O)c1. The van der Waals surface area contributed by atoms with Crippen LogP contribution in [-0.2, 0) is 4.79 Å². The second-order valence-corrected chi connectivity index (χ2v) is 8.18. The Morgan fingerprint density at radius 3 is 2.11 bits per heavy atom. The van der Waals surface area contributed by atoms with Gasteiger partial charge in [-0.3, -0.25) is 9.59 Å². The first-order chi connectivity index (χ1) is 17.1. The van der Waals surface area contributed by atoms with E-state index in [1.54, 1.807) is 18.2 Å². The van der Waals surface area contributed by atoms with Crippen molar-refractivity contribution in [2.24, 2.45) is 0 Å². The zero-order valence-corrected chi connectivity index (χ0v) is 19.0. The third-order valence-electron chi connectivity index (χ3n) is 5.65. The minimum atomic E-state index is -0.592. The molecule has 35 heavy (non-hydrogen) atoms. The van der Waals surface area contributed by atoms with E-state index in [2.05, 4.69) is 0 Å². The van der Waals surface area contributed by atoms with Crippen LogP contribution in [0.3, 0.4) is 0 Å². The average Bonchev–Trinajstić information content (AvgIpc) is 2.87. The highest BCUT2D eigenvalue weighted by Crippen LogP contribution is 2.29. The van der Waals surface area contributed by atoms with Crippen molar-refractivity contribution >= 4 is 16.9 Å². The molecule has 172 valence electrons. The highest BCUT2D eigenvalue weighted by atomic mass is 16.5. The average molecular weight is 463 g/mol. The van der Waals surface area contributed by atoms with Gasteiger partial charge in [0.1, 0.15) is 29.3 Å². The van der Waals surface area contributed by atoms with Crippen molar-refractivity contribution in [3.8, 4) is 17.2 Å². The lowest BCUT2D eigenvalue weighted by Gasteiger charge is -2.17. The predicted molar refractivity (Wildman–Crippen MR) is 134 cm³/mol. The van der Waals surface area contributed by atoms with Crippen LogP contribution in [-0.4, -0.2) is 5.97 Å². The third-order valence-corrected chi connectivity index (χ3v) is 5.65. The molecule has 0 aliphatic rings. The van der Waals surface area contributed by atoms with Gasteiger partial charge in [-0.2, -0.15) is 0 Å². The van der Waals surface area contributed by atoms with Gasteiger partial charge in [-0.05, 0) is 47.9 Å². The molecular weight excluding hydrogens is 440 g/mol. The molecule has 0 bridgehead atoms. The Kier molecular flexibility index (Phi) is 6.14. The summed E-state index contributed by atoms with van der Waals surface area (Å²) in [7, 11) is 0. The maximum absolute atomic E-state index is 13.3. The van der Waals surface area contributed by atoms with Gasteiger partial charge >= 0.3 is 5.97 Å². The van der Waals surface area contributed by atoms with Crippen molar-refractivity contribution in [2.75, 3.05) is 0 Å². The molecule has 1 aromatic heterocycles. The molecule has 0 atom stereocenters. The van der Waals surface area contributed by atoms with Crippen LogP contribution in [0.5, 0.6) is 17.2 Å². The molecule has 4 aromatic carbocycles. The highest BCUT2D eigenvalue weighted by Gasteiger charge is 2.25. The number of hydrogen-bond donors (Lipinski definition) is 0. The Hall–Kier alpha value is -4.64. The first-order valence-electron chi connectivity index (χ1n) is 11.2. The fourth-order valence-corrected chi connectivity index (χ4v) is 3.96. The largest absolute Gasteiger partial charge is 0.460 e. The Morgan fingerprint density at radius 1 is 0.771 bits per heavy atom. The van der Waals surface area contributed by atoms with E-state index in [0.29, 0.717) is 16.7 Å². The van der Waals surface area contributed by atoms with Crippen molar-refractivity contribution < 1.29 is 18.7 Å². The normalized spacial score (nSPS) is 10.9. The van der Waals surface area contributed by atoms with E-state index in [4.69, 9.17) is 13.9 Å². The molecular formula is C30H22O5. The van der Waals surface area contributed by atoms with Gasteiger partial charge in [0.05, 0.1) is 5.39 Å². The number of rotatable bonds is 6. The first-order valence-corrected chi connectivity index (χ1v) is 11.2. The van der Waals surface area contributed by atoms with Crippen LogP contribution in [0.1, 0.15) is 22.6 Å². The summed E-state index contributed by atoms with van der Waals surface area (Å²) < 4.78 is 17.1. The van der Waals surface area contributed by atoms with Crippen LogP contribution in [0, 0.1) is 6.92 Å². The molecule has 0 N–H and O–H groups in total. The molecule has 5 nitrogen and oxygen atoms in total. The Morgan fingerprint density at radius 2 is 1.46 bits per heavy atom. The van der Waals surface area contributed by atoms with Crippen LogP contribution in [0.4, 0.5) is 0 Å². The zero-order chi connectivity index (χ0) is 24.2. The quantitative estimate of drug-likeness (QED) is 0.209. The van der Waals surface area contributed by atoms with E-state index >= 15 is 0 Å². The van der Waals surface area contributed by atoms with Crippen molar-refractivity contribution in [3.05, 3.63) is 136 Å². The Balaban J connectivity index is 1.43. The van der Waals surface area contributed by atoms with Gasteiger partial charge in [-0.15, -0.1) is 0 Å². The van der Waals surface area contributed by atoms with Crippen LogP contribution < -0.4 is 14.9 Å². The molecule has 5 aromatic rings. The van der Waals surface area contributed by atoms with E-state index < -0.39 is 11.9 Å². The summed E-state index contributed by atoms with van der Waals surface area (Å²) in [5.74, 6) is -0.0975. The Bertz CT molecular complexity index is 1500. The molecule has 0 spiro atoms. The number of benzene rings is 4. The summed E-state index contributed by atoms with van der Waals surface area (Å²) in [6.07, 6.45) is 1.27. The van der Waals surface area contributed by atoms with Crippen molar-refractivity contribution in [1.82, 2.24) is 0 Å². The fourth-order valence-electron chi connectivity index (χ4n) is 3.96. The van der Waals surface area contributed by atoms with Gasteiger partial charge in [0, 0.05) is 6.07 Å². The minimum Gasteiger partial charge on any atom is -0.460 e. The molecule has 5 rings (SSSR count). The fraction of sp³-hybridized carbons (Fsp3) is 0.0667. The van der Waals surface area contributed by atoms with Crippen LogP contribution in [0.25, 0.3) is 11.0 Å². The third kappa shape index (κ3) is 4.84. The van der Waals surface area contributed by atoms with Crippen LogP contribution in [0.2, 0.25) is 0 Å². The second kappa shape index (κ2) is 9.69. The highest BCUT2D eigenvalue weighted by molar-refractivity contribution is 5.85.